The molecule has 164 valence electrons. The van der Waals surface area contributed by atoms with E-state index >= 15 is 0 Å². The lowest BCUT2D eigenvalue weighted by atomic mass is 10.3. The molecule has 0 saturated heterocycles. The molecule has 0 spiro atoms. The van der Waals surface area contributed by atoms with E-state index in [0.29, 0.717) is 29.6 Å². The van der Waals surface area contributed by atoms with Crippen LogP contribution in [0.3, 0.4) is 0 Å². The normalized spacial score (nSPS) is 13.4. The molecule has 0 aliphatic heterocycles. The molecule has 2 aromatic heterocycles. The fourth-order valence-electron chi connectivity index (χ4n) is 3.81. The van der Waals surface area contributed by atoms with Gasteiger partial charge in [0.1, 0.15) is 30.5 Å². The Labute approximate surface area is 190 Å². The Kier molecular flexibility index (Phi) is 5.72. The SMILES string of the molecule is O=C(Cn1c(COc2ccccc2)nc2ccccc21)NCCc1n[nH]c(=S)n1C1CC1. The number of imidazole rings is 1. The van der Waals surface area contributed by atoms with E-state index in [9.17, 15) is 4.79 Å². The monoisotopic (exact) mass is 448 g/mol. The van der Waals surface area contributed by atoms with Gasteiger partial charge < -0.3 is 19.2 Å². The number of aromatic amines is 1. The summed E-state index contributed by atoms with van der Waals surface area (Å²) in [5, 5.41) is 10.2. The molecule has 0 bridgehead atoms. The average molecular weight is 449 g/mol. The van der Waals surface area contributed by atoms with Crippen LogP contribution in [0.1, 0.15) is 30.5 Å². The van der Waals surface area contributed by atoms with Gasteiger partial charge in [-0.15, -0.1) is 0 Å². The number of carbonyl (C=O) groups excluding carboxylic acids is 1. The highest BCUT2D eigenvalue weighted by Gasteiger charge is 2.27. The molecule has 4 aromatic rings. The Balaban J connectivity index is 1.25. The number of nitrogens with one attached hydrogen (secondary N) is 2. The van der Waals surface area contributed by atoms with Gasteiger partial charge in [-0.05, 0) is 49.3 Å². The highest BCUT2D eigenvalue weighted by Crippen LogP contribution is 2.35. The lowest BCUT2D eigenvalue weighted by molar-refractivity contribution is -0.121. The molecule has 8 nitrogen and oxygen atoms in total. The summed E-state index contributed by atoms with van der Waals surface area (Å²) in [7, 11) is 0. The van der Waals surface area contributed by atoms with Crippen LogP contribution in [0, 0.1) is 4.77 Å². The van der Waals surface area contributed by atoms with E-state index in [1.807, 2.05) is 59.2 Å². The molecule has 1 aliphatic carbocycles. The first kappa shape index (κ1) is 20.4. The van der Waals surface area contributed by atoms with Crippen LogP contribution in [0.4, 0.5) is 0 Å². The number of fused-ring (bicyclic) bond motifs is 1. The summed E-state index contributed by atoms with van der Waals surface area (Å²) in [6.07, 6.45) is 2.90. The van der Waals surface area contributed by atoms with E-state index in [1.165, 1.54) is 0 Å². The standard InChI is InChI=1S/C23H24N6O2S/c30-22(24-13-12-20-26-27-23(32)29(20)16-10-11-16)14-28-19-9-5-4-8-18(19)25-21(28)15-31-17-6-2-1-3-7-17/h1-9,16H,10-15H2,(H,24,30)(H,27,32). The van der Waals surface area contributed by atoms with Crippen LogP contribution in [-0.2, 0) is 24.4 Å². The smallest absolute Gasteiger partial charge is 0.240 e. The van der Waals surface area contributed by atoms with E-state index in [2.05, 4.69) is 25.1 Å². The molecule has 5 rings (SSSR count). The molecule has 32 heavy (non-hydrogen) atoms. The number of amides is 1. The van der Waals surface area contributed by atoms with Crippen molar-refractivity contribution in [2.75, 3.05) is 6.54 Å². The van der Waals surface area contributed by atoms with E-state index in [4.69, 9.17) is 17.0 Å². The van der Waals surface area contributed by atoms with Gasteiger partial charge in [-0.2, -0.15) is 5.10 Å². The van der Waals surface area contributed by atoms with Crippen molar-refractivity contribution in [3.8, 4) is 5.75 Å². The van der Waals surface area contributed by atoms with Crippen LogP contribution < -0.4 is 10.1 Å². The first-order chi connectivity index (χ1) is 15.7. The van der Waals surface area contributed by atoms with Crippen molar-refractivity contribution in [3.05, 3.63) is 71.0 Å². The van der Waals surface area contributed by atoms with Gasteiger partial charge in [0.25, 0.3) is 0 Å². The molecule has 9 heteroatoms. The van der Waals surface area contributed by atoms with Crippen molar-refractivity contribution in [1.29, 1.82) is 0 Å². The van der Waals surface area contributed by atoms with Gasteiger partial charge in [-0.3, -0.25) is 9.89 Å². The second kappa shape index (κ2) is 8.96. The third-order valence-corrected chi connectivity index (χ3v) is 5.79. The molecule has 2 heterocycles. The minimum Gasteiger partial charge on any atom is -0.486 e. The van der Waals surface area contributed by atoms with Crippen molar-refractivity contribution >= 4 is 29.2 Å². The molecule has 0 unspecified atom stereocenters. The van der Waals surface area contributed by atoms with Crippen LogP contribution in [0.5, 0.6) is 5.75 Å². The lowest BCUT2D eigenvalue weighted by Gasteiger charge is -2.11. The molecule has 0 radical (unpaired) electrons. The van der Waals surface area contributed by atoms with Crippen LogP contribution in [0.2, 0.25) is 0 Å². The molecule has 1 saturated carbocycles. The molecule has 2 N–H and O–H groups in total. The maximum Gasteiger partial charge on any atom is 0.240 e. The predicted molar refractivity (Wildman–Crippen MR) is 123 cm³/mol. The van der Waals surface area contributed by atoms with Crippen molar-refractivity contribution in [3.63, 3.8) is 0 Å². The van der Waals surface area contributed by atoms with Crippen molar-refractivity contribution in [2.45, 2.75) is 38.5 Å². The molecule has 0 atom stereocenters. The highest BCUT2D eigenvalue weighted by molar-refractivity contribution is 7.71. The molecular weight excluding hydrogens is 424 g/mol. The van der Waals surface area contributed by atoms with Crippen molar-refractivity contribution < 1.29 is 9.53 Å². The number of nitrogens with zero attached hydrogens (tertiary/aromatic N) is 4. The number of benzene rings is 2. The summed E-state index contributed by atoms with van der Waals surface area (Å²) < 4.78 is 10.5. The largest absolute Gasteiger partial charge is 0.486 e. The molecular formula is C23H24N6O2S. The quantitative estimate of drug-likeness (QED) is 0.382. The van der Waals surface area contributed by atoms with Crippen LogP contribution in [0.15, 0.2) is 54.6 Å². The Morgan fingerprint density at radius 3 is 2.72 bits per heavy atom. The van der Waals surface area contributed by atoms with Gasteiger partial charge in [0.15, 0.2) is 4.77 Å². The minimum atomic E-state index is -0.0822. The topological polar surface area (TPSA) is 89.8 Å². The van der Waals surface area contributed by atoms with Gasteiger partial charge in [0.2, 0.25) is 5.91 Å². The number of ether oxygens (including phenoxy) is 1. The van der Waals surface area contributed by atoms with Crippen LogP contribution in [-0.4, -0.2) is 36.8 Å². The Bertz CT molecular complexity index is 1290. The highest BCUT2D eigenvalue weighted by atomic mass is 32.1. The molecule has 2 aromatic carbocycles. The molecule has 1 aliphatic rings. The van der Waals surface area contributed by atoms with Gasteiger partial charge >= 0.3 is 0 Å². The minimum absolute atomic E-state index is 0.0822. The first-order valence-corrected chi connectivity index (χ1v) is 11.1. The van der Waals surface area contributed by atoms with Crippen LogP contribution in [0.25, 0.3) is 11.0 Å². The second-order valence-electron chi connectivity index (χ2n) is 7.85. The zero-order valence-electron chi connectivity index (χ0n) is 17.5. The summed E-state index contributed by atoms with van der Waals surface area (Å²) in [6.45, 7) is 0.944. The second-order valence-corrected chi connectivity index (χ2v) is 8.24. The van der Waals surface area contributed by atoms with E-state index in [1.54, 1.807) is 0 Å². The number of aromatic nitrogens is 5. The molecule has 1 amide bonds. The summed E-state index contributed by atoms with van der Waals surface area (Å²) in [4.78, 5) is 17.4. The zero-order valence-corrected chi connectivity index (χ0v) is 18.3. The van der Waals surface area contributed by atoms with Gasteiger partial charge in [0, 0.05) is 19.0 Å². The maximum atomic E-state index is 12.8. The Morgan fingerprint density at radius 2 is 1.91 bits per heavy atom. The summed E-state index contributed by atoms with van der Waals surface area (Å²) in [5.41, 5.74) is 1.75. The third kappa shape index (κ3) is 4.43. The summed E-state index contributed by atoms with van der Waals surface area (Å²) in [5.74, 6) is 2.28. The van der Waals surface area contributed by atoms with Gasteiger partial charge in [-0.1, -0.05) is 30.3 Å². The number of carbonyl (C=O) groups is 1. The fraction of sp³-hybridized carbons (Fsp3) is 0.304. The first-order valence-electron chi connectivity index (χ1n) is 10.7. The lowest BCUT2D eigenvalue weighted by Crippen LogP contribution is -2.30. The number of H-pyrrole nitrogens is 1. The van der Waals surface area contributed by atoms with Crippen molar-refractivity contribution in [2.24, 2.45) is 0 Å². The summed E-state index contributed by atoms with van der Waals surface area (Å²) >= 11 is 5.32. The van der Waals surface area contributed by atoms with E-state index in [0.717, 1.165) is 35.4 Å². The number of para-hydroxylation sites is 3. The van der Waals surface area contributed by atoms with Crippen molar-refractivity contribution in [1.82, 2.24) is 29.6 Å². The predicted octanol–water partition coefficient (Wildman–Crippen LogP) is 3.56. The van der Waals surface area contributed by atoms with Gasteiger partial charge in [0.05, 0.1) is 11.0 Å². The fourth-order valence-corrected chi connectivity index (χ4v) is 4.11. The third-order valence-electron chi connectivity index (χ3n) is 5.51. The Morgan fingerprint density at radius 1 is 1.12 bits per heavy atom. The van der Waals surface area contributed by atoms with Crippen LogP contribution >= 0.6 is 12.2 Å². The van der Waals surface area contributed by atoms with E-state index in [-0.39, 0.29) is 19.1 Å². The number of hydrogen-bond donors (Lipinski definition) is 2. The summed E-state index contributed by atoms with van der Waals surface area (Å²) in [6, 6.07) is 17.8. The maximum absolute atomic E-state index is 12.8. The Hall–Kier alpha value is -3.46. The zero-order chi connectivity index (χ0) is 21.9. The average Bonchev–Trinajstić information content (AvgIpc) is 3.49. The van der Waals surface area contributed by atoms with Gasteiger partial charge in [-0.25, -0.2) is 4.98 Å². The number of rotatable bonds is 9. The molecule has 1 fully saturated rings. The van der Waals surface area contributed by atoms with E-state index < -0.39 is 0 Å². The number of hydrogen-bond acceptors (Lipinski definition) is 5.